The average molecular weight is 246 g/mol. The molecule has 0 radical (unpaired) electrons. The zero-order chi connectivity index (χ0) is 13.3. The first-order chi connectivity index (χ1) is 8.49. The van der Waals surface area contributed by atoms with Gasteiger partial charge in [-0.15, -0.1) is 0 Å². The van der Waals surface area contributed by atoms with Crippen molar-refractivity contribution in [2.45, 2.75) is 19.8 Å². The zero-order valence-electron chi connectivity index (χ0n) is 10.2. The Morgan fingerprint density at radius 3 is 2.33 bits per heavy atom. The van der Waals surface area contributed by atoms with Crippen LogP contribution >= 0.6 is 0 Å². The molecule has 5 nitrogen and oxygen atoms in total. The van der Waals surface area contributed by atoms with Crippen molar-refractivity contribution in [3.63, 3.8) is 0 Å². The van der Waals surface area contributed by atoms with Crippen LogP contribution in [0.2, 0.25) is 0 Å². The fourth-order valence-corrected chi connectivity index (χ4v) is 1.66. The number of hydrogen-bond donors (Lipinski definition) is 2. The van der Waals surface area contributed by atoms with Crippen LogP contribution in [-0.2, 0) is 0 Å². The van der Waals surface area contributed by atoms with E-state index in [1.807, 2.05) is 24.3 Å². The van der Waals surface area contributed by atoms with Crippen molar-refractivity contribution in [3.05, 3.63) is 41.7 Å². The highest BCUT2D eigenvalue weighted by Crippen LogP contribution is 2.20. The maximum absolute atomic E-state index is 10.8. The van der Waals surface area contributed by atoms with E-state index >= 15 is 0 Å². The lowest BCUT2D eigenvalue weighted by Gasteiger charge is -2.06. The number of aromatic hydroxyl groups is 1. The molecule has 2 N–H and O–H groups in total. The molecule has 5 heteroatoms. The summed E-state index contributed by atoms with van der Waals surface area (Å²) in [5.41, 5.74) is 1.55. The lowest BCUT2D eigenvalue weighted by Crippen LogP contribution is -2.01. The number of rotatable bonds is 3. The molecule has 0 aliphatic carbocycles. The van der Waals surface area contributed by atoms with Gasteiger partial charge >= 0.3 is 5.97 Å². The van der Waals surface area contributed by atoms with Crippen LogP contribution in [0.4, 0.5) is 0 Å². The summed E-state index contributed by atoms with van der Waals surface area (Å²) in [5.74, 6) is -1.15. The second-order valence-corrected chi connectivity index (χ2v) is 4.36. The summed E-state index contributed by atoms with van der Waals surface area (Å²) in [6.45, 7) is 4.19. The number of benzene rings is 1. The predicted molar refractivity (Wildman–Crippen MR) is 66.3 cm³/mol. The van der Waals surface area contributed by atoms with Crippen LogP contribution in [0.5, 0.6) is 5.75 Å². The molecule has 0 bridgehead atoms. The van der Waals surface area contributed by atoms with Crippen molar-refractivity contribution in [2.75, 3.05) is 0 Å². The fourth-order valence-electron chi connectivity index (χ4n) is 1.66. The van der Waals surface area contributed by atoms with Crippen LogP contribution in [0.3, 0.4) is 0 Å². The number of aromatic nitrogens is 2. The Bertz CT molecular complexity index is 570. The Balaban J connectivity index is 2.37. The number of nitrogens with zero attached hydrogens (tertiary/aromatic N) is 2. The van der Waals surface area contributed by atoms with E-state index in [1.165, 1.54) is 16.4 Å². The van der Waals surface area contributed by atoms with E-state index < -0.39 is 5.97 Å². The first kappa shape index (κ1) is 12.2. The van der Waals surface area contributed by atoms with Gasteiger partial charge in [-0.05, 0) is 23.6 Å². The molecule has 18 heavy (non-hydrogen) atoms. The molecule has 0 fully saturated rings. The molecule has 0 unspecified atom stereocenters. The Morgan fingerprint density at radius 1 is 1.28 bits per heavy atom. The highest BCUT2D eigenvalue weighted by Gasteiger charge is 2.15. The van der Waals surface area contributed by atoms with Crippen molar-refractivity contribution in [2.24, 2.45) is 0 Å². The molecule has 0 spiro atoms. The van der Waals surface area contributed by atoms with Crippen LogP contribution in [-0.4, -0.2) is 26.0 Å². The minimum absolute atomic E-state index is 0.338. The van der Waals surface area contributed by atoms with E-state index in [-0.39, 0.29) is 11.4 Å². The third-order valence-corrected chi connectivity index (χ3v) is 2.72. The van der Waals surface area contributed by atoms with Crippen molar-refractivity contribution in [3.8, 4) is 11.4 Å². The smallest absolute Gasteiger partial charge is 0.360 e. The third-order valence-electron chi connectivity index (χ3n) is 2.72. The van der Waals surface area contributed by atoms with Crippen LogP contribution in [0.1, 0.15) is 35.8 Å². The highest BCUT2D eigenvalue weighted by atomic mass is 16.4. The average Bonchev–Trinajstić information content (AvgIpc) is 2.71. The lowest BCUT2D eigenvalue weighted by atomic mass is 10.0. The first-order valence-electron chi connectivity index (χ1n) is 5.61. The van der Waals surface area contributed by atoms with Gasteiger partial charge in [0.25, 0.3) is 0 Å². The summed E-state index contributed by atoms with van der Waals surface area (Å²) >= 11 is 0. The Labute approximate surface area is 104 Å². The summed E-state index contributed by atoms with van der Waals surface area (Å²) in [6.07, 6.45) is 1.29. The van der Waals surface area contributed by atoms with E-state index in [9.17, 15) is 9.90 Å². The van der Waals surface area contributed by atoms with Crippen molar-refractivity contribution in [1.29, 1.82) is 0 Å². The van der Waals surface area contributed by atoms with Crippen LogP contribution < -0.4 is 0 Å². The zero-order valence-corrected chi connectivity index (χ0v) is 10.2. The van der Waals surface area contributed by atoms with Gasteiger partial charge in [-0.25, -0.2) is 9.48 Å². The number of carboxylic acids is 1. The van der Waals surface area contributed by atoms with Crippen LogP contribution in [0, 0.1) is 0 Å². The number of aromatic carboxylic acids is 1. The molecular formula is C13H14N2O3. The molecule has 0 amide bonds. The van der Waals surface area contributed by atoms with E-state index in [0.717, 1.165) is 0 Å². The van der Waals surface area contributed by atoms with E-state index in [4.69, 9.17) is 5.11 Å². The van der Waals surface area contributed by atoms with Gasteiger partial charge in [-0.2, -0.15) is 5.10 Å². The van der Waals surface area contributed by atoms with Crippen molar-refractivity contribution < 1.29 is 15.0 Å². The summed E-state index contributed by atoms with van der Waals surface area (Å²) < 4.78 is 1.35. The molecule has 0 aliphatic heterocycles. The standard InChI is InChI=1S/C13H14N2O3/c1-8(2)9-3-5-10(6-4-9)15-7-11(16)12(14-15)13(17)18/h3-8,16H,1-2H3,(H,17,18). The molecule has 0 aliphatic rings. The number of carboxylic acid groups (broad SMARTS) is 1. The molecule has 0 atom stereocenters. The molecule has 1 heterocycles. The SMILES string of the molecule is CC(C)c1ccc(-n2cc(O)c(C(=O)O)n2)cc1. The summed E-state index contributed by atoms with van der Waals surface area (Å²) in [5, 5.41) is 22.1. The van der Waals surface area contributed by atoms with Gasteiger partial charge in [0.05, 0.1) is 11.9 Å². The van der Waals surface area contributed by atoms with E-state index in [2.05, 4.69) is 18.9 Å². The molecule has 1 aromatic carbocycles. The second-order valence-electron chi connectivity index (χ2n) is 4.36. The largest absolute Gasteiger partial charge is 0.504 e. The van der Waals surface area contributed by atoms with Gasteiger partial charge in [-0.1, -0.05) is 26.0 Å². The third kappa shape index (κ3) is 2.20. The van der Waals surface area contributed by atoms with Gasteiger partial charge in [0.1, 0.15) is 0 Å². The minimum Gasteiger partial charge on any atom is -0.504 e. The minimum atomic E-state index is -1.25. The molecule has 0 saturated carbocycles. The van der Waals surface area contributed by atoms with Gasteiger partial charge < -0.3 is 10.2 Å². The summed E-state index contributed by atoms with van der Waals surface area (Å²) in [4.78, 5) is 10.8. The summed E-state index contributed by atoms with van der Waals surface area (Å²) in [6, 6.07) is 7.60. The predicted octanol–water partition coefficient (Wildman–Crippen LogP) is 2.40. The molecule has 94 valence electrons. The van der Waals surface area contributed by atoms with Gasteiger partial charge in [-0.3, -0.25) is 0 Å². The van der Waals surface area contributed by atoms with Crippen molar-refractivity contribution >= 4 is 5.97 Å². The van der Waals surface area contributed by atoms with Crippen molar-refractivity contribution in [1.82, 2.24) is 9.78 Å². The fraction of sp³-hybridized carbons (Fsp3) is 0.231. The molecule has 0 saturated heterocycles. The Morgan fingerprint density at radius 2 is 1.89 bits per heavy atom. The molecular weight excluding hydrogens is 232 g/mol. The molecule has 2 rings (SSSR count). The first-order valence-corrected chi connectivity index (χ1v) is 5.61. The summed E-state index contributed by atoms with van der Waals surface area (Å²) in [7, 11) is 0. The van der Waals surface area contributed by atoms with Crippen LogP contribution in [0.25, 0.3) is 5.69 Å². The van der Waals surface area contributed by atoms with Gasteiger partial charge in [0, 0.05) is 0 Å². The number of hydrogen-bond acceptors (Lipinski definition) is 3. The van der Waals surface area contributed by atoms with Crippen LogP contribution in [0.15, 0.2) is 30.5 Å². The van der Waals surface area contributed by atoms with Gasteiger partial charge in [0.15, 0.2) is 5.75 Å². The number of carbonyl (C=O) groups is 1. The Kier molecular flexibility index (Phi) is 3.06. The Hall–Kier alpha value is -2.30. The molecule has 2 aromatic rings. The van der Waals surface area contributed by atoms with Gasteiger partial charge in [0.2, 0.25) is 5.69 Å². The maximum Gasteiger partial charge on any atom is 0.360 e. The monoisotopic (exact) mass is 246 g/mol. The quantitative estimate of drug-likeness (QED) is 0.872. The van der Waals surface area contributed by atoms with E-state index in [1.54, 1.807) is 0 Å². The normalized spacial score (nSPS) is 10.8. The second kappa shape index (κ2) is 4.52. The molecule has 1 aromatic heterocycles. The topological polar surface area (TPSA) is 75.4 Å². The van der Waals surface area contributed by atoms with E-state index in [0.29, 0.717) is 11.6 Å². The highest BCUT2D eigenvalue weighted by molar-refractivity contribution is 5.88. The lowest BCUT2D eigenvalue weighted by molar-refractivity contribution is 0.0687. The maximum atomic E-state index is 10.8.